The first-order valence-electron chi connectivity index (χ1n) is 8.04. The van der Waals surface area contributed by atoms with Crippen LogP contribution in [0.4, 0.5) is 0 Å². The summed E-state index contributed by atoms with van der Waals surface area (Å²) in [6.07, 6.45) is 7.74. The number of rotatable bonds is 3. The third kappa shape index (κ3) is 2.32. The standard InChI is InChI=1S/C18H17BrN2O3/c1-24-14-7-2-10(8-13(14)19)9-20-21-17(22)15-11-3-4-12(6-5-11)16(15)18(21)23/h2-4,7-9,11-12,15-16H,5-6H2,1H3/b20-9-/t11-,12-,15-,16-/m1/s1. The number of methoxy groups -OCH3 is 1. The molecule has 0 radical (unpaired) electrons. The van der Waals surface area contributed by atoms with Crippen molar-refractivity contribution in [3.05, 3.63) is 40.4 Å². The molecule has 1 saturated carbocycles. The Bertz CT molecular complexity index is 742. The molecule has 1 heterocycles. The zero-order valence-corrected chi connectivity index (χ0v) is 14.8. The predicted octanol–water partition coefficient (Wildman–Crippen LogP) is 2.99. The number of amides is 2. The van der Waals surface area contributed by atoms with Gasteiger partial charge in [0.15, 0.2) is 0 Å². The average molecular weight is 389 g/mol. The van der Waals surface area contributed by atoms with Crippen LogP contribution in [-0.2, 0) is 9.59 Å². The van der Waals surface area contributed by atoms with Crippen molar-refractivity contribution in [2.75, 3.05) is 7.11 Å². The summed E-state index contributed by atoms with van der Waals surface area (Å²) in [5.41, 5.74) is 0.791. The predicted molar refractivity (Wildman–Crippen MR) is 92.5 cm³/mol. The van der Waals surface area contributed by atoms with Gasteiger partial charge >= 0.3 is 0 Å². The van der Waals surface area contributed by atoms with Gasteiger partial charge in [-0.05, 0) is 64.4 Å². The maximum Gasteiger partial charge on any atom is 0.254 e. The van der Waals surface area contributed by atoms with E-state index in [2.05, 4.69) is 33.2 Å². The van der Waals surface area contributed by atoms with E-state index >= 15 is 0 Å². The second-order valence-corrected chi connectivity index (χ2v) is 7.32. The monoisotopic (exact) mass is 388 g/mol. The van der Waals surface area contributed by atoms with Gasteiger partial charge in [-0.2, -0.15) is 10.1 Å². The number of carbonyl (C=O) groups is 2. The first-order chi connectivity index (χ1) is 11.6. The van der Waals surface area contributed by atoms with Gasteiger partial charge in [0.2, 0.25) is 0 Å². The van der Waals surface area contributed by atoms with Gasteiger partial charge in [-0.15, -0.1) is 0 Å². The lowest BCUT2D eigenvalue weighted by Crippen LogP contribution is -2.38. The molecule has 124 valence electrons. The smallest absolute Gasteiger partial charge is 0.254 e. The van der Waals surface area contributed by atoms with E-state index in [0.29, 0.717) is 5.75 Å². The van der Waals surface area contributed by atoms with Gasteiger partial charge in [0.05, 0.1) is 29.6 Å². The van der Waals surface area contributed by atoms with Crippen LogP contribution in [0.1, 0.15) is 18.4 Å². The van der Waals surface area contributed by atoms with Gasteiger partial charge in [0.1, 0.15) is 5.75 Å². The molecule has 0 spiro atoms. The molecule has 3 aliphatic carbocycles. The van der Waals surface area contributed by atoms with Gasteiger partial charge in [0, 0.05) is 0 Å². The summed E-state index contributed by atoms with van der Waals surface area (Å²) in [5.74, 6) is 0.329. The molecule has 1 aliphatic heterocycles. The van der Waals surface area contributed by atoms with E-state index in [0.717, 1.165) is 27.9 Å². The number of hydrogen-bond acceptors (Lipinski definition) is 4. The summed E-state index contributed by atoms with van der Waals surface area (Å²) in [4.78, 5) is 25.3. The number of hydrogen-bond donors (Lipinski definition) is 0. The van der Waals surface area contributed by atoms with Gasteiger partial charge in [-0.25, -0.2) is 0 Å². The largest absolute Gasteiger partial charge is 0.496 e. The molecular weight excluding hydrogens is 372 g/mol. The fraction of sp³-hybridized carbons (Fsp3) is 0.389. The topological polar surface area (TPSA) is 59.0 Å². The third-order valence-electron chi connectivity index (χ3n) is 5.23. The summed E-state index contributed by atoms with van der Waals surface area (Å²) in [6, 6.07) is 5.48. The van der Waals surface area contributed by atoms with Crippen molar-refractivity contribution in [2.45, 2.75) is 12.8 Å². The normalized spacial score (nSPS) is 31.2. The van der Waals surface area contributed by atoms with E-state index in [4.69, 9.17) is 4.74 Å². The molecule has 5 rings (SSSR count). The Balaban J connectivity index is 1.58. The minimum absolute atomic E-state index is 0.159. The Labute approximate surface area is 148 Å². The Hall–Kier alpha value is -1.95. The Morgan fingerprint density at radius 2 is 1.79 bits per heavy atom. The van der Waals surface area contributed by atoms with Crippen molar-refractivity contribution in [1.29, 1.82) is 0 Å². The van der Waals surface area contributed by atoms with Crippen molar-refractivity contribution in [3.8, 4) is 5.75 Å². The van der Waals surface area contributed by atoms with Crippen molar-refractivity contribution in [3.63, 3.8) is 0 Å². The van der Waals surface area contributed by atoms with E-state index in [-0.39, 0.29) is 35.5 Å². The maximum atomic E-state index is 12.7. The molecule has 1 aromatic rings. The summed E-state index contributed by atoms with van der Waals surface area (Å²) in [6.45, 7) is 0. The molecule has 4 aliphatic rings. The Morgan fingerprint density at radius 1 is 1.17 bits per heavy atom. The van der Waals surface area contributed by atoms with Gasteiger partial charge < -0.3 is 4.74 Å². The van der Waals surface area contributed by atoms with Crippen molar-refractivity contribution in [1.82, 2.24) is 5.01 Å². The molecule has 0 N–H and O–H groups in total. The molecule has 4 atom stereocenters. The molecule has 1 aromatic carbocycles. The van der Waals surface area contributed by atoms with Crippen molar-refractivity contribution < 1.29 is 14.3 Å². The molecule has 0 unspecified atom stereocenters. The number of benzene rings is 1. The van der Waals surface area contributed by atoms with Crippen LogP contribution in [0.5, 0.6) is 5.75 Å². The quantitative estimate of drug-likeness (QED) is 0.454. The SMILES string of the molecule is COc1ccc(/C=N\N2C(=O)[C@H]3[C@H](C2=O)[C@@H]2C=C[C@@H]3CC2)cc1Br. The molecule has 2 fully saturated rings. The first-order valence-corrected chi connectivity index (χ1v) is 8.83. The lowest BCUT2D eigenvalue weighted by molar-refractivity contribution is -0.140. The van der Waals surface area contributed by atoms with Gasteiger partial charge in [-0.1, -0.05) is 12.2 Å². The molecule has 0 aromatic heterocycles. The van der Waals surface area contributed by atoms with Crippen molar-refractivity contribution >= 4 is 34.0 Å². The Kier molecular flexibility index (Phi) is 3.79. The maximum absolute atomic E-state index is 12.7. The molecule has 2 bridgehead atoms. The number of hydrazone groups is 1. The summed E-state index contributed by atoms with van der Waals surface area (Å²) < 4.78 is 5.99. The number of fused-ring (bicyclic) bond motifs is 1. The van der Waals surface area contributed by atoms with E-state index in [1.807, 2.05) is 18.2 Å². The Morgan fingerprint density at radius 3 is 2.29 bits per heavy atom. The number of nitrogens with zero attached hydrogens (tertiary/aromatic N) is 2. The highest BCUT2D eigenvalue weighted by atomic mass is 79.9. The van der Waals surface area contributed by atoms with E-state index in [1.54, 1.807) is 13.3 Å². The first kappa shape index (κ1) is 15.6. The third-order valence-corrected chi connectivity index (χ3v) is 5.85. The fourth-order valence-corrected chi connectivity index (χ4v) is 4.62. The molecular formula is C18H17BrN2O3. The zero-order chi connectivity index (χ0) is 16.8. The molecule has 24 heavy (non-hydrogen) atoms. The minimum atomic E-state index is -0.221. The van der Waals surface area contributed by atoms with Crippen LogP contribution in [0, 0.1) is 23.7 Å². The summed E-state index contributed by atoms with van der Waals surface area (Å²) in [5, 5.41) is 5.27. The minimum Gasteiger partial charge on any atom is -0.496 e. The number of imide groups is 1. The van der Waals surface area contributed by atoms with Crippen LogP contribution in [0.2, 0.25) is 0 Å². The van der Waals surface area contributed by atoms with Crippen LogP contribution in [-0.4, -0.2) is 30.1 Å². The van der Waals surface area contributed by atoms with Crippen LogP contribution in [0.25, 0.3) is 0 Å². The lowest BCUT2D eigenvalue weighted by atomic mass is 9.63. The summed E-state index contributed by atoms with van der Waals surface area (Å²) >= 11 is 3.42. The van der Waals surface area contributed by atoms with E-state index < -0.39 is 0 Å². The number of ether oxygens (including phenoxy) is 1. The van der Waals surface area contributed by atoms with Crippen LogP contribution in [0.3, 0.4) is 0 Å². The number of allylic oxidation sites excluding steroid dienone is 2. The van der Waals surface area contributed by atoms with Crippen molar-refractivity contribution in [2.24, 2.45) is 28.8 Å². The molecule has 1 saturated heterocycles. The van der Waals surface area contributed by atoms with Gasteiger partial charge in [0.25, 0.3) is 11.8 Å². The average Bonchev–Trinajstić information content (AvgIpc) is 2.87. The summed E-state index contributed by atoms with van der Waals surface area (Å²) in [7, 11) is 1.60. The second-order valence-electron chi connectivity index (χ2n) is 6.47. The molecule has 2 amide bonds. The van der Waals surface area contributed by atoms with Crippen LogP contribution >= 0.6 is 15.9 Å². The highest BCUT2D eigenvalue weighted by Crippen LogP contribution is 2.49. The lowest BCUT2D eigenvalue weighted by Gasteiger charge is -2.37. The number of halogens is 1. The fourth-order valence-electron chi connectivity index (χ4n) is 4.06. The van der Waals surface area contributed by atoms with Crippen LogP contribution < -0.4 is 4.74 Å². The van der Waals surface area contributed by atoms with E-state index in [9.17, 15) is 9.59 Å². The zero-order valence-electron chi connectivity index (χ0n) is 13.2. The highest BCUT2D eigenvalue weighted by molar-refractivity contribution is 9.10. The highest BCUT2D eigenvalue weighted by Gasteiger charge is 2.56. The van der Waals surface area contributed by atoms with E-state index in [1.165, 1.54) is 0 Å². The van der Waals surface area contributed by atoms with Gasteiger partial charge in [-0.3, -0.25) is 9.59 Å². The number of carbonyl (C=O) groups excluding carboxylic acids is 2. The molecule has 5 nitrogen and oxygen atoms in total. The van der Waals surface area contributed by atoms with Crippen LogP contribution in [0.15, 0.2) is 39.9 Å². The second kappa shape index (κ2) is 5.84. The molecule has 6 heteroatoms.